The van der Waals surface area contributed by atoms with E-state index in [0.29, 0.717) is 24.7 Å². The third-order valence-electron chi connectivity index (χ3n) is 3.01. The topological polar surface area (TPSA) is 47.6 Å². The van der Waals surface area contributed by atoms with Crippen LogP contribution in [0.5, 0.6) is 11.5 Å². The van der Waals surface area contributed by atoms with Crippen molar-refractivity contribution in [2.75, 3.05) is 18.5 Å². The molecule has 1 aliphatic rings. The Morgan fingerprint density at radius 3 is 2.67 bits per heavy atom. The van der Waals surface area contributed by atoms with Crippen LogP contribution in [0.2, 0.25) is 0 Å². The lowest BCUT2D eigenvalue weighted by molar-refractivity contribution is 0.101. The lowest BCUT2D eigenvalue weighted by atomic mass is 10.1. The molecule has 0 aliphatic carbocycles. The molecular weight excluding hydrogens is 280 g/mol. The standard InChI is InChI=1S/C15H11F2NO3/c16-10-4-2-5-11(13(10)17)18-15(19)9-3-1-6-12-14(9)21-8-7-20-12/h1-6H,7-8H2,(H,18,19). The van der Waals surface area contributed by atoms with Crippen molar-refractivity contribution in [1.29, 1.82) is 0 Å². The Morgan fingerprint density at radius 2 is 1.81 bits per heavy atom. The number of carbonyl (C=O) groups is 1. The summed E-state index contributed by atoms with van der Waals surface area (Å²) in [6.07, 6.45) is 0. The number of para-hydroxylation sites is 1. The first kappa shape index (κ1) is 13.4. The van der Waals surface area contributed by atoms with Crippen LogP contribution in [0.4, 0.5) is 14.5 Å². The summed E-state index contributed by atoms with van der Waals surface area (Å²) in [5.74, 6) is -1.97. The molecule has 6 heteroatoms. The number of hydrogen-bond acceptors (Lipinski definition) is 3. The average Bonchev–Trinajstić information content (AvgIpc) is 2.51. The predicted octanol–water partition coefficient (Wildman–Crippen LogP) is 2.99. The van der Waals surface area contributed by atoms with Gasteiger partial charge in [0.25, 0.3) is 5.91 Å². The van der Waals surface area contributed by atoms with Gasteiger partial charge in [0.1, 0.15) is 13.2 Å². The fourth-order valence-electron chi connectivity index (χ4n) is 2.04. The van der Waals surface area contributed by atoms with E-state index in [4.69, 9.17) is 9.47 Å². The van der Waals surface area contributed by atoms with Gasteiger partial charge in [0.05, 0.1) is 11.3 Å². The van der Waals surface area contributed by atoms with E-state index in [1.807, 2.05) is 0 Å². The Balaban J connectivity index is 1.91. The molecule has 0 saturated heterocycles. The first-order chi connectivity index (χ1) is 10.2. The Bertz CT molecular complexity index is 703. The van der Waals surface area contributed by atoms with E-state index in [0.717, 1.165) is 6.07 Å². The molecular formula is C15H11F2NO3. The molecule has 1 aliphatic heterocycles. The minimum Gasteiger partial charge on any atom is -0.486 e. The van der Waals surface area contributed by atoms with Crippen molar-refractivity contribution < 1.29 is 23.0 Å². The van der Waals surface area contributed by atoms with Gasteiger partial charge < -0.3 is 14.8 Å². The summed E-state index contributed by atoms with van der Waals surface area (Å²) in [4.78, 5) is 12.2. The number of fused-ring (bicyclic) bond motifs is 1. The van der Waals surface area contributed by atoms with Crippen LogP contribution in [0.1, 0.15) is 10.4 Å². The number of halogens is 2. The van der Waals surface area contributed by atoms with E-state index in [9.17, 15) is 13.6 Å². The SMILES string of the molecule is O=C(Nc1cccc(F)c1F)c1cccc2c1OCCO2. The number of carbonyl (C=O) groups excluding carboxylic acids is 1. The lowest BCUT2D eigenvalue weighted by Crippen LogP contribution is -2.20. The highest BCUT2D eigenvalue weighted by atomic mass is 19.2. The molecule has 0 atom stereocenters. The second kappa shape index (κ2) is 5.40. The zero-order valence-electron chi connectivity index (χ0n) is 10.9. The maximum atomic E-state index is 13.6. The Hall–Kier alpha value is -2.63. The zero-order chi connectivity index (χ0) is 14.8. The number of anilines is 1. The Labute approximate surface area is 119 Å². The summed E-state index contributed by atoms with van der Waals surface area (Å²) in [7, 11) is 0. The molecule has 2 aromatic rings. The smallest absolute Gasteiger partial charge is 0.259 e. The fraction of sp³-hybridized carbons (Fsp3) is 0.133. The van der Waals surface area contributed by atoms with Crippen LogP contribution in [0.3, 0.4) is 0 Å². The molecule has 3 rings (SSSR count). The third kappa shape index (κ3) is 2.52. The lowest BCUT2D eigenvalue weighted by Gasteiger charge is -2.20. The van der Waals surface area contributed by atoms with Crippen LogP contribution >= 0.6 is 0 Å². The molecule has 1 amide bonds. The Morgan fingerprint density at radius 1 is 1.05 bits per heavy atom. The molecule has 108 valence electrons. The van der Waals surface area contributed by atoms with Gasteiger partial charge in [-0.3, -0.25) is 4.79 Å². The van der Waals surface area contributed by atoms with E-state index in [1.165, 1.54) is 18.2 Å². The summed E-state index contributed by atoms with van der Waals surface area (Å²) < 4.78 is 37.5. The number of nitrogens with one attached hydrogen (secondary N) is 1. The summed E-state index contributed by atoms with van der Waals surface area (Å²) in [5.41, 5.74) is -0.0230. The molecule has 0 unspecified atom stereocenters. The molecule has 0 radical (unpaired) electrons. The minimum atomic E-state index is -1.10. The Kier molecular flexibility index (Phi) is 3.43. The van der Waals surface area contributed by atoms with Crippen LogP contribution in [-0.2, 0) is 0 Å². The summed E-state index contributed by atoms with van der Waals surface area (Å²) in [6.45, 7) is 0.724. The third-order valence-corrected chi connectivity index (χ3v) is 3.01. The molecule has 0 aromatic heterocycles. The van der Waals surface area contributed by atoms with E-state index in [-0.39, 0.29) is 11.3 Å². The molecule has 0 bridgehead atoms. The molecule has 0 spiro atoms. The predicted molar refractivity (Wildman–Crippen MR) is 71.7 cm³/mol. The maximum Gasteiger partial charge on any atom is 0.259 e. The highest BCUT2D eigenvalue weighted by Crippen LogP contribution is 2.34. The molecule has 0 fully saturated rings. The molecule has 4 nitrogen and oxygen atoms in total. The summed E-state index contributed by atoms with van der Waals surface area (Å²) in [6, 6.07) is 8.40. The highest BCUT2D eigenvalue weighted by molar-refractivity contribution is 6.06. The van der Waals surface area contributed by atoms with Gasteiger partial charge >= 0.3 is 0 Å². The number of benzene rings is 2. The van der Waals surface area contributed by atoms with Gasteiger partial charge in [-0.1, -0.05) is 12.1 Å². The van der Waals surface area contributed by atoms with E-state index < -0.39 is 17.5 Å². The second-order valence-corrected chi connectivity index (χ2v) is 4.39. The van der Waals surface area contributed by atoms with Crippen molar-refractivity contribution in [3.05, 3.63) is 53.6 Å². The maximum absolute atomic E-state index is 13.6. The monoisotopic (exact) mass is 291 g/mol. The number of hydrogen-bond donors (Lipinski definition) is 1. The van der Waals surface area contributed by atoms with Gasteiger partial charge in [0.2, 0.25) is 0 Å². The summed E-state index contributed by atoms with van der Waals surface area (Å²) in [5, 5.41) is 2.33. The van der Waals surface area contributed by atoms with Gasteiger partial charge in [-0.25, -0.2) is 8.78 Å². The van der Waals surface area contributed by atoms with Gasteiger partial charge in [-0.2, -0.15) is 0 Å². The van der Waals surface area contributed by atoms with Gasteiger partial charge in [-0.05, 0) is 24.3 Å². The molecule has 1 heterocycles. The van der Waals surface area contributed by atoms with Crippen LogP contribution in [0, 0.1) is 11.6 Å². The quantitative estimate of drug-likeness (QED) is 0.925. The highest BCUT2D eigenvalue weighted by Gasteiger charge is 2.21. The number of rotatable bonds is 2. The van der Waals surface area contributed by atoms with Crippen molar-refractivity contribution in [2.45, 2.75) is 0 Å². The van der Waals surface area contributed by atoms with Crippen LogP contribution in [0.25, 0.3) is 0 Å². The van der Waals surface area contributed by atoms with Crippen molar-refractivity contribution in [1.82, 2.24) is 0 Å². The van der Waals surface area contributed by atoms with Gasteiger partial charge in [-0.15, -0.1) is 0 Å². The van der Waals surface area contributed by atoms with Crippen molar-refractivity contribution in [3.8, 4) is 11.5 Å². The van der Waals surface area contributed by atoms with Crippen molar-refractivity contribution in [2.24, 2.45) is 0 Å². The number of ether oxygens (including phenoxy) is 2. The normalized spacial score (nSPS) is 12.9. The van der Waals surface area contributed by atoms with Crippen LogP contribution < -0.4 is 14.8 Å². The first-order valence-corrected chi connectivity index (χ1v) is 6.31. The largest absolute Gasteiger partial charge is 0.486 e. The van der Waals surface area contributed by atoms with Crippen LogP contribution in [0.15, 0.2) is 36.4 Å². The van der Waals surface area contributed by atoms with Gasteiger partial charge in [0, 0.05) is 0 Å². The van der Waals surface area contributed by atoms with Crippen molar-refractivity contribution >= 4 is 11.6 Å². The average molecular weight is 291 g/mol. The molecule has 0 saturated carbocycles. The number of amides is 1. The van der Waals surface area contributed by atoms with E-state index in [2.05, 4.69) is 5.32 Å². The summed E-state index contributed by atoms with van der Waals surface area (Å²) >= 11 is 0. The van der Waals surface area contributed by atoms with Crippen molar-refractivity contribution in [3.63, 3.8) is 0 Å². The zero-order valence-corrected chi connectivity index (χ0v) is 10.9. The minimum absolute atomic E-state index is 0.205. The molecule has 1 N–H and O–H groups in total. The van der Waals surface area contributed by atoms with E-state index >= 15 is 0 Å². The second-order valence-electron chi connectivity index (χ2n) is 4.39. The molecule has 21 heavy (non-hydrogen) atoms. The fourth-order valence-corrected chi connectivity index (χ4v) is 2.04. The molecule has 2 aromatic carbocycles. The van der Waals surface area contributed by atoms with Gasteiger partial charge in [0.15, 0.2) is 23.1 Å². The first-order valence-electron chi connectivity index (χ1n) is 6.31. The van der Waals surface area contributed by atoms with Crippen LogP contribution in [-0.4, -0.2) is 19.1 Å². The van der Waals surface area contributed by atoms with E-state index in [1.54, 1.807) is 12.1 Å².